The Morgan fingerprint density at radius 2 is 1.78 bits per heavy atom. The van der Waals surface area contributed by atoms with Gasteiger partial charge in [0.2, 0.25) is 17.8 Å². The molecule has 0 unspecified atom stereocenters. The van der Waals surface area contributed by atoms with Crippen molar-refractivity contribution in [3.05, 3.63) is 66.0 Å². The Hall–Kier alpha value is -4.48. The number of ether oxygens (including phenoxy) is 1. The van der Waals surface area contributed by atoms with Gasteiger partial charge in [-0.15, -0.1) is 0 Å². The number of hydrogen-bond acceptors (Lipinski definition) is 10. The van der Waals surface area contributed by atoms with Crippen LogP contribution in [0.2, 0.25) is 0 Å². The van der Waals surface area contributed by atoms with Crippen LogP contribution < -0.4 is 25.6 Å². The Morgan fingerprint density at radius 3 is 2.41 bits per heavy atom. The molecule has 1 amide bonds. The number of nitrogens with zero attached hydrogens (tertiary/aromatic N) is 5. The third-order valence-corrected chi connectivity index (χ3v) is 6.69. The number of nitrogens with one attached hydrogen (secondary N) is 3. The second kappa shape index (κ2) is 12.4. The second-order valence-electron chi connectivity index (χ2n) is 10.6. The molecule has 0 bridgehead atoms. The molecule has 1 aliphatic rings. The number of allylic oxidation sites excluding steroid dienone is 1. The summed E-state index contributed by atoms with van der Waals surface area (Å²) < 4.78 is 5.69. The first kappa shape index (κ1) is 29.5. The Bertz CT molecular complexity index is 1460. The molecule has 0 spiro atoms. The molecule has 4 N–H and O–H groups in total. The van der Waals surface area contributed by atoms with Gasteiger partial charge in [0.1, 0.15) is 12.1 Å². The van der Waals surface area contributed by atoms with Crippen molar-refractivity contribution >= 4 is 46.6 Å². The maximum atomic E-state index is 12.3. The van der Waals surface area contributed by atoms with Gasteiger partial charge in [0, 0.05) is 37.5 Å². The average Bonchev–Trinajstić information content (AvgIpc) is 3.38. The maximum Gasteiger partial charge on any atom is 0.247 e. The van der Waals surface area contributed by atoms with Gasteiger partial charge in [0.25, 0.3) is 0 Å². The van der Waals surface area contributed by atoms with Crippen molar-refractivity contribution in [1.82, 2.24) is 19.9 Å². The molecule has 3 aromatic rings. The zero-order valence-electron chi connectivity index (χ0n) is 24.4. The van der Waals surface area contributed by atoms with E-state index in [1.54, 1.807) is 27.0 Å². The minimum absolute atomic E-state index is 0.265. The molecule has 0 aliphatic heterocycles. The highest BCUT2D eigenvalue weighted by Gasteiger charge is 2.24. The summed E-state index contributed by atoms with van der Waals surface area (Å²) in [6.07, 6.45) is 7.61. The number of amides is 1. The van der Waals surface area contributed by atoms with E-state index in [4.69, 9.17) is 4.74 Å². The van der Waals surface area contributed by atoms with Crippen molar-refractivity contribution in [2.45, 2.75) is 25.9 Å². The van der Waals surface area contributed by atoms with Gasteiger partial charge in [-0.3, -0.25) is 4.79 Å². The standard InChI is InChI=1S/C30H38N8O3/c1-8-27(39)33-23-16-24(26(41-7)17-25(23)38(6)13-12-37(4)5)35-29-32-18-31-28(36-29)34-22-15-20-11-9-10-19(20)14-21(22)30(2,3)40/h8-9,11,14-18,40H,1,10,12-13H2,2-7H3,(H,33,39)(H2,31,32,34,35,36). The number of anilines is 6. The second-order valence-corrected chi connectivity index (χ2v) is 10.6. The Labute approximate surface area is 241 Å². The van der Waals surface area contributed by atoms with Crippen molar-refractivity contribution in [1.29, 1.82) is 0 Å². The van der Waals surface area contributed by atoms with Gasteiger partial charge in [-0.2, -0.15) is 4.98 Å². The van der Waals surface area contributed by atoms with Crippen molar-refractivity contribution < 1.29 is 14.6 Å². The van der Waals surface area contributed by atoms with Gasteiger partial charge in [0.05, 0.1) is 29.8 Å². The molecule has 0 saturated carbocycles. The Balaban J connectivity index is 1.65. The molecular formula is C30H38N8O3. The number of aromatic nitrogens is 3. The number of fused-ring (bicyclic) bond motifs is 1. The molecule has 0 radical (unpaired) electrons. The fraction of sp³-hybridized carbons (Fsp3) is 0.333. The molecule has 1 aliphatic carbocycles. The summed E-state index contributed by atoms with van der Waals surface area (Å²) in [7, 11) is 7.54. The summed E-state index contributed by atoms with van der Waals surface area (Å²) in [6.45, 7) is 8.62. The lowest BCUT2D eigenvalue weighted by Gasteiger charge is -2.26. The normalized spacial score (nSPS) is 12.2. The van der Waals surface area contributed by atoms with Crippen molar-refractivity contribution in [2.24, 2.45) is 0 Å². The van der Waals surface area contributed by atoms with Gasteiger partial charge >= 0.3 is 0 Å². The van der Waals surface area contributed by atoms with Crippen LogP contribution in [-0.2, 0) is 16.8 Å². The van der Waals surface area contributed by atoms with E-state index in [9.17, 15) is 9.90 Å². The van der Waals surface area contributed by atoms with E-state index in [1.807, 2.05) is 44.2 Å². The third kappa shape index (κ3) is 7.19. The van der Waals surface area contributed by atoms with E-state index in [-0.39, 0.29) is 11.9 Å². The van der Waals surface area contributed by atoms with Gasteiger partial charge < -0.3 is 35.6 Å². The monoisotopic (exact) mass is 558 g/mol. The molecule has 11 nitrogen and oxygen atoms in total. The van der Waals surface area contributed by atoms with E-state index in [0.29, 0.717) is 28.8 Å². The predicted octanol–water partition coefficient (Wildman–Crippen LogP) is 4.29. The van der Waals surface area contributed by atoms with E-state index in [0.717, 1.165) is 41.9 Å². The number of carbonyl (C=O) groups excluding carboxylic acids is 1. The molecule has 1 heterocycles. The van der Waals surface area contributed by atoms with Crippen LogP contribution in [-0.4, -0.2) is 72.2 Å². The topological polar surface area (TPSA) is 128 Å². The fourth-order valence-corrected chi connectivity index (χ4v) is 4.48. The fourth-order valence-electron chi connectivity index (χ4n) is 4.48. The summed E-state index contributed by atoms with van der Waals surface area (Å²) in [4.78, 5) is 29.5. The lowest BCUT2D eigenvalue weighted by molar-refractivity contribution is -0.111. The maximum absolute atomic E-state index is 12.3. The van der Waals surface area contributed by atoms with Crippen LogP contribution in [0.4, 0.5) is 34.6 Å². The zero-order chi connectivity index (χ0) is 29.7. The third-order valence-electron chi connectivity index (χ3n) is 6.69. The average molecular weight is 559 g/mol. The lowest BCUT2D eigenvalue weighted by atomic mass is 9.92. The number of benzene rings is 2. The molecule has 2 aromatic carbocycles. The van der Waals surface area contributed by atoms with Crippen molar-refractivity contribution in [3.8, 4) is 5.75 Å². The highest BCUT2D eigenvalue weighted by atomic mass is 16.5. The number of likely N-dealkylation sites (N-methyl/N-ethyl adjacent to an activating group) is 2. The van der Waals surface area contributed by atoms with Crippen molar-refractivity contribution in [2.75, 3.05) is 62.2 Å². The highest BCUT2D eigenvalue weighted by Crippen LogP contribution is 2.38. The smallest absolute Gasteiger partial charge is 0.247 e. The first-order chi connectivity index (χ1) is 19.5. The SMILES string of the molecule is C=CC(=O)Nc1cc(Nc2ncnc(Nc3cc4c(cc3C(C)(C)O)CC=C4)n2)c(OC)cc1N(C)CCN(C)C. The molecular weight excluding hydrogens is 520 g/mol. The summed E-state index contributed by atoms with van der Waals surface area (Å²) in [5.41, 5.74) is 4.53. The number of hydrogen-bond donors (Lipinski definition) is 4. The number of rotatable bonds is 12. The molecule has 1 aromatic heterocycles. The summed E-state index contributed by atoms with van der Waals surface area (Å²) in [6, 6.07) is 7.63. The van der Waals surface area contributed by atoms with Crippen LogP contribution in [0.3, 0.4) is 0 Å². The van der Waals surface area contributed by atoms with Crippen LogP contribution in [0.1, 0.15) is 30.5 Å². The highest BCUT2D eigenvalue weighted by molar-refractivity contribution is 6.02. The van der Waals surface area contributed by atoms with Crippen LogP contribution in [0.15, 0.2) is 49.3 Å². The molecule has 41 heavy (non-hydrogen) atoms. The zero-order valence-corrected chi connectivity index (χ0v) is 24.4. The van der Waals surface area contributed by atoms with Gasteiger partial charge in [0.15, 0.2) is 0 Å². The van der Waals surface area contributed by atoms with Crippen LogP contribution >= 0.6 is 0 Å². The van der Waals surface area contributed by atoms with Crippen LogP contribution in [0.25, 0.3) is 6.08 Å². The summed E-state index contributed by atoms with van der Waals surface area (Å²) >= 11 is 0. The minimum atomic E-state index is -1.07. The number of methoxy groups -OCH3 is 1. The lowest BCUT2D eigenvalue weighted by Crippen LogP contribution is -2.29. The molecule has 0 atom stereocenters. The molecule has 4 rings (SSSR count). The molecule has 11 heteroatoms. The molecule has 0 fully saturated rings. The quantitative estimate of drug-likeness (QED) is 0.239. The number of carbonyl (C=O) groups is 1. The summed E-state index contributed by atoms with van der Waals surface area (Å²) in [5, 5.41) is 20.2. The van der Waals surface area contributed by atoms with E-state index >= 15 is 0 Å². The van der Waals surface area contributed by atoms with E-state index < -0.39 is 5.60 Å². The Morgan fingerprint density at radius 1 is 1.07 bits per heavy atom. The van der Waals surface area contributed by atoms with Crippen LogP contribution in [0.5, 0.6) is 5.75 Å². The Kier molecular flexibility index (Phi) is 8.89. The summed E-state index contributed by atoms with van der Waals surface area (Å²) in [5.74, 6) is 0.773. The first-order valence-electron chi connectivity index (χ1n) is 13.3. The predicted molar refractivity (Wildman–Crippen MR) is 164 cm³/mol. The van der Waals surface area contributed by atoms with Gasteiger partial charge in [-0.1, -0.05) is 18.7 Å². The van der Waals surface area contributed by atoms with Gasteiger partial charge in [-0.05, 0) is 69.8 Å². The van der Waals surface area contributed by atoms with Gasteiger partial charge in [-0.25, -0.2) is 9.97 Å². The molecule has 0 saturated heterocycles. The van der Waals surface area contributed by atoms with Crippen molar-refractivity contribution in [3.63, 3.8) is 0 Å². The minimum Gasteiger partial charge on any atom is -0.494 e. The molecule has 216 valence electrons. The first-order valence-corrected chi connectivity index (χ1v) is 13.3. The number of aliphatic hydroxyl groups is 1. The van der Waals surface area contributed by atoms with E-state index in [2.05, 4.69) is 54.5 Å². The van der Waals surface area contributed by atoms with Crippen LogP contribution in [0, 0.1) is 0 Å². The van der Waals surface area contributed by atoms with E-state index in [1.165, 1.54) is 12.4 Å². The largest absolute Gasteiger partial charge is 0.494 e.